The molecule has 0 bridgehead atoms. The normalized spacial score (nSPS) is 19.4. The molecule has 0 saturated heterocycles. The molecule has 0 radical (unpaired) electrons. The fourth-order valence-electron chi connectivity index (χ4n) is 3.74. The third-order valence-electron chi connectivity index (χ3n) is 6.04. The second-order valence-corrected chi connectivity index (χ2v) is 9.43. The van der Waals surface area contributed by atoms with Crippen LogP contribution in [0.1, 0.15) is 51.8 Å². The second-order valence-electron chi connectivity index (χ2n) is 9.43. The zero-order valence-electron chi connectivity index (χ0n) is 18.9. The van der Waals surface area contributed by atoms with Crippen LogP contribution in [-0.2, 0) is 15.0 Å². The van der Waals surface area contributed by atoms with Crippen molar-refractivity contribution < 1.29 is 14.4 Å². The van der Waals surface area contributed by atoms with E-state index in [1.165, 1.54) is 15.4 Å². The van der Waals surface area contributed by atoms with Crippen LogP contribution >= 0.6 is 0 Å². The highest BCUT2D eigenvalue weighted by Gasteiger charge is 2.43. The molecule has 0 aliphatic carbocycles. The molecule has 1 N–H and O–H groups in total. The Morgan fingerprint density at radius 2 is 1.80 bits per heavy atom. The summed E-state index contributed by atoms with van der Waals surface area (Å²) in [6.07, 6.45) is 0. The highest BCUT2D eigenvalue weighted by atomic mass is 16.2. The Bertz CT molecular complexity index is 896. The Balaban J connectivity index is 1.89. The van der Waals surface area contributed by atoms with Crippen molar-refractivity contribution in [3.63, 3.8) is 0 Å². The van der Waals surface area contributed by atoms with Gasteiger partial charge in [-0.1, -0.05) is 45.0 Å². The molecule has 2 aliphatic rings. The van der Waals surface area contributed by atoms with E-state index in [0.29, 0.717) is 11.3 Å². The summed E-state index contributed by atoms with van der Waals surface area (Å²) in [6, 6.07) is 7.30. The van der Waals surface area contributed by atoms with Crippen LogP contribution in [0.5, 0.6) is 0 Å². The predicted octanol–water partition coefficient (Wildman–Crippen LogP) is 2.64. The smallest absolute Gasteiger partial charge is 0.322 e. The molecule has 162 valence electrons. The molecule has 1 unspecified atom stereocenters. The van der Waals surface area contributed by atoms with E-state index in [2.05, 4.69) is 26.1 Å². The number of nitrogens with one attached hydrogen (secondary N) is 1. The van der Waals surface area contributed by atoms with Crippen LogP contribution in [0.4, 0.5) is 4.79 Å². The SMILES string of the molecule is CC(C)N(C)C(=O)CN1CC2=C(C1=O)C(c1ccc(C(C)(C)C)cc1)NC(=O)N2C. The lowest BCUT2D eigenvalue weighted by atomic mass is 9.85. The van der Waals surface area contributed by atoms with Gasteiger partial charge in [0.25, 0.3) is 5.91 Å². The Kier molecular flexibility index (Phi) is 5.67. The molecule has 7 heteroatoms. The molecule has 3 rings (SSSR count). The molecular formula is C23H32N4O3. The van der Waals surface area contributed by atoms with E-state index >= 15 is 0 Å². The summed E-state index contributed by atoms with van der Waals surface area (Å²) in [5, 5.41) is 2.94. The first kappa shape index (κ1) is 21.9. The number of carbonyl (C=O) groups excluding carboxylic acids is 3. The summed E-state index contributed by atoms with van der Waals surface area (Å²) in [7, 11) is 3.39. The van der Waals surface area contributed by atoms with Crippen molar-refractivity contribution in [3.8, 4) is 0 Å². The Labute approximate surface area is 178 Å². The van der Waals surface area contributed by atoms with Gasteiger partial charge in [0.15, 0.2) is 0 Å². The van der Waals surface area contributed by atoms with Crippen molar-refractivity contribution in [2.24, 2.45) is 0 Å². The molecule has 30 heavy (non-hydrogen) atoms. The molecule has 1 atom stereocenters. The average molecular weight is 413 g/mol. The first-order chi connectivity index (χ1) is 13.9. The Hall–Kier alpha value is -2.83. The van der Waals surface area contributed by atoms with Crippen LogP contribution in [-0.4, -0.2) is 65.8 Å². The van der Waals surface area contributed by atoms with Crippen LogP contribution in [0.15, 0.2) is 35.5 Å². The van der Waals surface area contributed by atoms with Crippen LogP contribution in [0.3, 0.4) is 0 Å². The quantitative estimate of drug-likeness (QED) is 0.826. The average Bonchev–Trinajstić information content (AvgIpc) is 3.00. The maximum absolute atomic E-state index is 13.2. The molecule has 0 spiro atoms. The van der Waals surface area contributed by atoms with Crippen LogP contribution in [0, 0.1) is 0 Å². The minimum atomic E-state index is -0.520. The summed E-state index contributed by atoms with van der Waals surface area (Å²) < 4.78 is 0. The Morgan fingerprint density at radius 3 is 2.33 bits per heavy atom. The maximum Gasteiger partial charge on any atom is 0.322 e. The lowest BCUT2D eigenvalue weighted by molar-refractivity contribution is -0.137. The highest BCUT2D eigenvalue weighted by molar-refractivity contribution is 6.02. The monoisotopic (exact) mass is 412 g/mol. The van der Waals surface area contributed by atoms with Gasteiger partial charge < -0.3 is 15.1 Å². The number of hydrogen-bond acceptors (Lipinski definition) is 3. The van der Waals surface area contributed by atoms with Gasteiger partial charge in [-0.25, -0.2) is 4.79 Å². The van der Waals surface area contributed by atoms with Gasteiger partial charge in [0.1, 0.15) is 6.54 Å². The van der Waals surface area contributed by atoms with Gasteiger partial charge in [0, 0.05) is 20.1 Å². The first-order valence-electron chi connectivity index (χ1n) is 10.3. The summed E-state index contributed by atoms with van der Waals surface area (Å²) in [4.78, 5) is 43.0. The third kappa shape index (κ3) is 3.93. The first-order valence-corrected chi connectivity index (χ1v) is 10.3. The molecule has 0 aromatic heterocycles. The molecule has 2 heterocycles. The standard InChI is InChI=1S/C23H32N4O3/c1-14(2)25(6)18(28)13-27-12-17-19(21(27)29)20(24-22(30)26(17)7)15-8-10-16(11-9-15)23(3,4)5/h8-11,14,20H,12-13H2,1-7H3,(H,24,30). The summed E-state index contributed by atoms with van der Waals surface area (Å²) in [5.41, 5.74) is 3.26. The van der Waals surface area contributed by atoms with E-state index in [1.54, 1.807) is 19.0 Å². The van der Waals surface area contributed by atoms with Gasteiger partial charge in [0.05, 0.1) is 23.9 Å². The fourth-order valence-corrected chi connectivity index (χ4v) is 3.74. The number of hydrogen-bond donors (Lipinski definition) is 1. The Morgan fingerprint density at radius 1 is 1.20 bits per heavy atom. The van der Waals surface area contributed by atoms with Gasteiger partial charge in [-0.05, 0) is 30.4 Å². The van der Waals surface area contributed by atoms with Crippen LogP contribution in [0.2, 0.25) is 0 Å². The van der Waals surface area contributed by atoms with Crippen molar-refractivity contribution in [2.75, 3.05) is 27.2 Å². The van der Waals surface area contributed by atoms with E-state index < -0.39 is 6.04 Å². The van der Waals surface area contributed by atoms with Crippen molar-refractivity contribution in [1.29, 1.82) is 0 Å². The molecular weight excluding hydrogens is 380 g/mol. The molecule has 0 fully saturated rings. The third-order valence-corrected chi connectivity index (χ3v) is 6.04. The highest BCUT2D eigenvalue weighted by Crippen LogP contribution is 2.36. The zero-order valence-corrected chi connectivity index (χ0v) is 18.9. The van der Waals surface area contributed by atoms with Crippen molar-refractivity contribution >= 4 is 17.8 Å². The number of benzene rings is 1. The number of likely N-dealkylation sites (N-methyl/N-ethyl adjacent to an activating group) is 2. The van der Waals surface area contributed by atoms with E-state index in [9.17, 15) is 14.4 Å². The number of nitrogens with zero attached hydrogens (tertiary/aromatic N) is 3. The van der Waals surface area contributed by atoms with E-state index in [0.717, 1.165) is 5.56 Å². The number of urea groups is 1. The van der Waals surface area contributed by atoms with Crippen molar-refractivity contribution in [3.05, 3.63) is 46.7 Å². The topological polar surface area (TPSA) is 73.0 Å². The predicted molar refractivity (Wildman–Crippen MR) is 116 cm³/mol. The molecule has 0 saturated carbocycles. The largest absolute Gasteiger partial charge is 0.342 e. The molecule has 1 aromatic rings. The van der Waals surface area contributed by atoms with Gasteiger partial charge in [0.2, 0.25) is 5.91 Å². The lowest BCUT2D eigenvalue weighted by Gasteiger charge is -2.31. The summed E-state index contributed by atoms with van der Waals surface area (Å²) in [5.74, 6) is -0.321. The lowest BCUT2D eigenvalue weighted by Crippen LogP contribution is -2.45. The zero-order chi connectivity index (χ0) is 22.4. The van der Waals surface area contributed by atoms with E-state index in [1.807, 2.05) is 38.1 Å². The number of rotatable bonds is 4. The minimum Gasteiger partial charge on any atom is -0.342 e. The van der Waals surface area contributed by atoms with Crippen molar-refractivity contribution in [1.82, 2.24) is 20.0 Å². The molecule has 7 nitrogen and oxygen atoms in total. The molecule has 1 aromatic carbocycles. The van der Waals surface area contributed by atoms with Gasteiger partial charge in [-0.15, -0.1) is 0 Å². The van der Waals surface area contributed by atoms with Crippen LogP contribution in [0.25, 0.3) is 0 Å². The number of carbonyl (C=O) groups is 3. The van der Waals surface area contributed by atoms with Gasteiger partial charge in [-0.3, -0.25) is 14.5 Å². The van der Waals surface area contributed by atoms with Crippen molar-refractivity contribution in [2.45, 2.75) is 52.1 Å². The number of amides is 4. The minimum absolute atomic E-state index is 0.00176. The van der Waals surface area contributed by atoms with Crippen LogP contribution < -0.4 is 5.32 Å². The second kappa shape index (κ2) is 7.78. The van der Waals surface area contributed by atoms with E-state index in [4.69, 9.17) is 0 Å². The summed E-state index contributed by atoms with van der Waals surface area (Å²) >= 11 is 0. The fraction of sp³-hybridized carbons (Fsp3) is 0.522. The molecule has 4 amide bonds. The molecule has 2 aliphatic heterocycles. The van der Waals surface area contributed by atoms with Gasteiger partial charge in [-0.2, -0.15) is 0 Å². The van der Waals surface area contributed by atoms with E-state index in [-0.39, 0.29) is 42.4 Å². The summed E-state index contributed by atoms with van der Waals surface area (Å²) in [6.45, 7) is 10.5. The van der Waals surface area contributed by atoms with Gasteiger partial charge >= 0.3 is 6.03 Å². The maximum atomic E-state index is 13.2.